The van der Waals surface area contributed by atoms with Crippen molar-refractivity contribution in [1.29, 1.82) is 0 Å². The summed E-state index contributed by atoms with van der Waals surface area (Å²) in [5.74, 6) is -2.39. The Balaban J connectivity index is 1.66. The van der Waals surface area contributed by atoms with Gasteiger partial charge in [0.1, 0.15) is 5.82 Å². The Kier molecular flexibility index (Phi) is 12.4. The van der Waals surface area contributed by atoms with Crippen LogP contribution in [0.2, 0.25) is 10.0 Å². The molecule has 0 saturated heterocycles. The van der Waals surface area contributed by atoms with E-state index in [0.29, 0.717) is 43.3 Å². The summed E-state index contributed by atoms with van der Waals surface area (Å²) < 4.78 is 34.8. The molecule has 0 bridgehead atoms. The highest BCUT2D eigenvalue weighted by atomic mass is 35.5. The van der Waals surface area contributed by atoms with Crippen molar-refractivity contribution in [1.82, 2.24) is 10.6 Å². The van der Waals surface area contributed by atoms with Crippen LogP contribution in [0.15, 0.2) is 65.0 Å². The van der Waals surface area contributed by atoms with Crippen molar-refractivity contribution in [2.75, 3.05) is 46.7 Å². The minimum Gasteiger partial charge on any atom is -0.466 e. The molecule has 0 radical (unpaired) electrons. The number of nitrogens with one attached hydrogen (secondary N) is 2. The number of hydrogen-bond donors (Lipinski definition) is 2. The van der Waals surface area contributed by atoms with Crippen LogP contribution in [0, 0.1) is 5.82 Å². The van der Waals surface area contributed by atoms with E-state index in [1.54, 1.807) is 44.2 Å². The molecule has 0 fully saturated rings. The average Bonchev–Trinajstić information content (AvgIpc) is 2.94. The highest BCUT2D eigenvalue weighted by Crippen LogP contribution is 2.43. The number of benzene rings is 2. The first kappa shape index (κ1) is 31.6. The van der Waals surface area contributed by atoms with Crippen LogP contribution in [-0.2, 0) is 35.1 Å². The van der Waals surface area contributed by atoms with E-state index in [9.17, 15) is 14.0 Å². The molecule has 0 spiro atoms. The molecule has 3 rings (SSSR count). The fourth-order valence-electron chi connectivity index (χ4n) is 4.27. The lowest BCUT2D eigenvalue weighted by molar-refractivity contribution is -0.139. The smallest absolute Gasteiger partial charge is 0.336 e. The van der Waals surface area contributed by atoms with Gasteiger partial charge in [0.15, 0.2) is 0 Å². The third-order valence-electron chi connectivity index (χ3n) is 6.12. The van der Waals surface area contributed by atoms with Gasteiger partial charge < -0.3 is 29.6 Å². The van der Waals surface area contributed by atoms with Crippen molar-refractivity contribution < 1.29 is 32.9 Å². The maximum absolute atomic E-state index is 13.2. The normalized spacial score (nSPS) is 15.2. The number of allylic oxidation sites excluding steroid dienone is 1. The van der Waals surface area contributed by atoms with Crippen molar-refractivity contribution in [3.63, 3.8) is 0 Å². The predicted octanol–water partition coefficient (Wildman–Crippen LogP) is 4.91. The summed E-state index contributed by atoms with van der Waals surface area (Å²) in [6.07, 6.45) is 0. The molecule has 1 aliphatic rings. The topological polar surface area (TPSA) is 95.1 Å². The van der Waals surface area contributed by atoms with Crippen molar-refractivity contribution in [3.05, 3.63) is 92.0 Å². The zero-order chi connectivity index (χ0) is 29.1. The maximum atomic E-state index is 13.2. The number of dihydropyridines is 1. The lowest BCUT2D eigenvalue weighted by Gasteiger charge is -2.31. The Morgan fingerprint density at radius 1 is 1.00 bits per heavy atom. The maximum Gasteiger partial charge on any atom is 0.336 e. The molecule has 1 aliphatic heterocycles. The van der Waals surface area contributed by atoms with Gasteiger partial charge in [-0.3, -0.25) is 0 Å². The van der Waals surface area contributed by atoms with E-state index in [1.807, 2.05) is 0 Å². The minimum absolute atomic E-state index is 0.0286. The molecule has 2 aromatic carbocycles. The standard InChI is InChI=1S/C29H33Cl2FN2O6/c1-4-40-29(36)26-23(17-39-15-14-38-13-12-33-16-19-8-10-20(32)11-9-19)34-18(2)24(28(35)37-3)25(26)21-6-5-7-22(30)27(21)31/h5-11,25,33-34H,4,12-17H2,1-3H3. The fraction of sp³-hybridized carbons (Fsp3) is 0.379. The zero-order valence-corrected chi connectivity index (χ0v) is 24.2. The Morgan fingerprint density at radius 2 is 1.73 bits per heavy atom. The molecule has 40 heavy (non-hydrogen) atoms. The number of hydrogen-bond acceptors (Lipinski definition) is 8. The zero-order valence-electron chi connectivity index (χ0n) is 22.7. The van der Waals surface area contributed by atoms with Crippen LogP contribution in [0.1, 0.15) is 30.9 Å². The number of ether oxygens (including phenoxy) is 4. The van der Waals surface area contributed by atoms with Gasteiger partial charge in [0.05, 0.1) is 73.0 Å². The van der Waals surface area contributed by atoms with E-state index in [4.69, 9.17) is 42.1 Å². The average molecular weight is 595 g/mol. The largest absolute Gasteiger partial charge is 0.466 e. The number of carbonyl (C=O) groups is 2. The summed E-state index contributed by atoms with van der Waals surface area (Å²) in [6, 6.07) is 11.3. The first-order valence-corrected chi connectivity index (χ1v) is 13.5. The summed E-state index contributed by atoms with van der Waals surface area (Å²) in [6.45, 7) is 5.82. The Labute approximate surface area is 243 Å². The van der Waals surface area contributed by atoms with Crippen LogP contribution < -0.4 is 10.6 Å². The third-order valence-corrected chi connectivity index (χ3v) is 6.96. The van der Waals surface area contributed by atoms with Crippen molar-refractivity contribution in [2.24, 2.45) is 0 Å². The van der Waals surface area contributed by atoms with Gasteiger partial charge in [-0.05, 0) is 43.2 Å². The number of methoxy groups -OCH3 is 1. The summed E-state index contributed by atoms with van der Waals surface area (Å²) >= 11 is 12.8. The molecule has 1 heterocycles. The second-order valence-corrected chi connectivity index (χ2v) is 9.60. The Morgan fingerprint density at radius 3 is 2.42 bits per heavy atom. The van der Waals surface area contributed by atoms with Gasteiger partial charge in [-0.15, -0.1) is 0 Å². The second-order valence-electron chi connectivity index (χ2n) is 8.81. The molecule has 8 nitrogen and oxygen atoms in total. The van der Waals surface area contributed by atoms with Crippen LogP contribution >= 0.6 is 23.2 Å². The van der Waals surface area contributed by atoms with Crippen molar-refractivity contribution >= 4 is 35.1 Å². The second kappa shape index (κ2) is 15.7. The van der Waals surface area contributed by atoms with Gasteiger partial charge in [0.25, 0.3) is 0 Å². The van der Waals surface area contributed by atoms with Gasteiger partial charge in [-0.1, -0.05) is 47.5 Å². The fourth-order valence-corrected chi connectivity index (χ4v) is 4.69. The van der Waals surface area contributed by atoms with Crippen LogP contribution in [0.5, 0.6) is 0 Å². The minimum atomic E-state index is -0.888. The molecular weight excluding hydrogens is 562 g/mol. The van der Waals surface area contributed by atoms with Crippen molar-refractivity contribution in [3.8, 4) is 0 Å². The first-order valence-electron chi connectivity index (χ1n) is 12.8. The molecule has 2 N–H and O–H groups in total. The first-order chi connectivity index (χ1) is 19.3. The van der Waals surface area contributed by atoms with E-state index in [-0.39, 0.29) is 46.8 Å². The number of halogens is 3. The van der Waals surface area contributed by atoms with Crippen LogP contribution in [-0.4, -0.2) is 58.6 Å². The van der Waals surface area contributed by atoms with E-state index in [2.05, 4.69) is 10.6 Å². The van der Waals surface area contributed by atoms with Gasteiger partial charge in [-0.2, -0.15) is 0 Å². The highest BCUT2D eigenvalue weighted by molar-refractivity contribution is 6.42. The number of carbonyl (C=O) groups excluding carboxylic acids is 2. The molecule has 1 unspecified atom stereocenters. The molecule has 2 aromatic rings. The van der Waals surface area contributed by atoms with E-state index >= 15 is 0 Å². The number of esters is 2. The molecule has 216 valence electrons. The highest BCUT2D eigenvalue weighted by Gasteiger charge is 2.40. The SMILES string of the molecule is CCOC(=O)C1=C(COCCOCCNCc2ccc(F)cc2)NC(C)=C(C(=O)OC)C1c1cccc(Cl)c1Cl. The monoisotopic (exact) mass is 594 g/mol. The van der Waals surface area contributed by atoms with Crippen LogP contribution in [0.25, 0.3) is 0 Å². The summed E-state index contributed by atoms with van der Waals surface area (Å²) in [5, 5.41) is 6.85. The van der Waals surface area contributed by atoms with Gasteiger partial charge >= 0.3 is 11.9 Å². The summed E-state index contributed by atoms with van der Waals surface area (Å²) in [4.78, 5) is 26.1. The number of rotatable bonds is 14. The van der Waals surface area contributed by atoms with Crippen molar-refractivity contribution in [2.45, 2.75) is 26.3 Å². The molecule has 0 aliphatic carbocycles. The van der Waals surface area contributed by atoms with E-state index in [1.165, 1.54) is 19.2 Å². The quantitative estimate of drug-likeness (QED) is 0.235. The third kappa shape index (κ3) is 8.28. The Hall–Kier alpha value is -2.95. The predicted molar refractivity (Wildman–Crippen MR) is 150 cm³/mol. The molecular formula is C29H33Cl2FN2O6. The molecule has 0 aromatic heterocycles. The van der Waals surface area contributed by atoms with Gasteiger partial charge in [-0.25, -0.2) is 14.0 Å². The van der Waals surface area contributed by atoms with Crippen LogP contribution in [0.3, 0.4) is 0 Å². The molecule has 0 saturated carbocycles. The van der Waals surface area contributed by atoms with Crippen LogP contribution in [0.4, 0.5) is 4.39 Å². The van der Waals surface area contributed by atoms with E-state index in [0.717, 1.165) is 5.56 Å². The van der Waals surface area contributed by atoms with Gasteiger partial charge in [0, 0.05) is 18.8 Å². The summed E-state index contributed by atoms with van der Waals surface area (Å²) in [7, 11) is 1.27. The Bertz CT molecular complexity index is 1250. The molecule has 1 atom stereocenters. The van der Waals surface area contributed by atoms with E-state index < -0.39 is 17.9 Å². The molecule has 11 heteroatoms. The summed E-state index contributed by atoms with van der Waals surface area (Å²) in [5.41, 5.74) is 2.77. The lowest BCUT2D eigenvalue weighted by atomic mass is 9.80. The lowest BCUT2D eigenvalue weighted by Crippen LogP contribution is -2.35. The molecule has 0 amide bonds. The van der Waals surface area contributed by atoms with Gasteiger partial charge in [0.2, 0.25) is 0 Å².